The van der Waals surface area contributed by atoms with E-state index in [1.165, 1.54) is 12.8 Å². The predicted octanol–water partition coefficient (Wildman–Crippen LogP) is 2.43. The maximum Gasteiger partial charge on any atom is 0.186 e. The number of nitrogens with zero attached hydrogens (tertiary/aromatic N) is 2. The van der Waals surface area contributed by atoms with Gasteiger partial charge in [-0.15, -0.1) is 0 Å². The van der Waals surface area contributed by atoms with Crippen LogP contribution in [0.2, 0.25) is 0 Å². The Morgan fingerprint density at radius 3 is 2.60 bits per heavy atom. The van der Waals surface area contributed by atoms with Gasteiger partial charge >= 0.3 is 0 Å². The zero-order valence-corrected chi connectivity index (χ0v) is 9.44. The topological polar surface area (TPSA) is 34.9 Å². The zero-order valence-electron chi connectivity index (χ0n) is 9.44. The molecule has 0 amide bonds. The molecule has 0 aromatic carbocycles. The number of aromatic nitrogens is 2. The van der Waals surface area contributed by atoms with Gasteiger partial charge in [-0.25, -0.2) is 0 Å². The summed E-state index contributed by atoms with van der Waals surface area (Å²) in [5, 5.41) is 4.17. The van der Waals surface area contributed by atoms with Gasteiger partial charge < -0.3 is 0 Å². The number of hydrogen-bond acceptors (Lipinski definition) is 2. The third-order valence-electron chi connectivity index (χ3n) is 3.35. The van der Waals surface area contributed by atoms with E-state index < -0.39 is 0 Å². The number of carbonyl (C=O) groups excluding carboxylic acids is 1. The SMILES string of the molecule is CC1CCC(C(=O)c2ccn(C)n2)CC1. The lowest BCUT2D eigenvalue weighted by Crippen LogP contribution is -2.21. The molecule has 15 heavy (non-hydrogen) atoms. The first-order valence-electron chi connectivity index (χ1n) is 5.70. The first kappa shape index (κ1) is 10.4. The monoisotopic (exact) mass is 206 g/mol. The highest BCUT2D eigenvalue weighted by Gasteiger charge is 2.26. The number of rotatable bonds is 2. The van der Waals surface area contributed by atoms with E-state index in [0.717, 1.165) is 18.8 Å². The van der Waals surface area contributed by atoms with Crippen LogP contribution < -0.4 is 0 Å². The molecule has 1 aliphatic rings. The summed E-state index contributed by atoms with van der Waals surface area (Å²) in [6.07, 6.45) is 6.28. The molecule has 0 bridgehead atoms. The maximum absolute atomic E-state index is 12.0. The molecule has 3 nitrogen and oxygen atoms in total. The van der Waals surface area contributed by atoms with Crippen molar-refractivity contribution in [2.45, 2.75) is 32.6 Å². The Hall–Kier alpha value is -1.12. The van der Waals surface area contributed by atoms with Gasteiger partial charge in [-0.3, -0.25) is 9.48 Å². The zero-order chi connectivity index (χ0) is 10.8. The molecule has 1 saturated carbocycles. The largest absolute Gasteiger partial charge is 0.292 e. The number of carbonyl (C=O) groups is 1. The molecule has 1 aromatic rings. The van der Waals surface area contributed by atoms with Crippen LogP contribution in [-0.2, 0) is 7.05 Å². The Morgan fingerprint density at radius 2 is 2.07 bits per heavy atom. The average Bonchev–Trinajstić information content (AvgIpc) is 2.65. The molecule has 1 aliphatic carbocycles. The average molecular weight is 206 g/mol. The Bertz CT molecular complexity index is 348. The van der Waals surface area contributed by atoms with E-state index in [2.05, 4.69) is 12.0 Å². The van der Waals surface area contributed by atoms with Gasteiger partial charge in [0.05, 0.1) is 0 Å². The molecule has 2 rings (SSSR count). The fourth-order valence-electron chi connectivity index (χ4n) is 2.28. The third kappa shape index (κ3) is 2.28. The molecule has 1 fully saturated rings. The second kappa shape index (κ2) is 4.17. The number of Topliss-reactive ketones (excluding diaryl/α,β-unsaturated/α-hetero) is 1. The van der Waals surface area contributed by atoms with Crippen molar-refractivity contribution in [3.05, 3.63) is 18.0 Å². The van der Waals surface area contributed by atoms with Crippen LogP contribution in [0.25, 0.3) is 0 Å². The molecule has 0 unspecified atom stereocenters. The van der Waals surface area contributed by atoms with Crippen molar-refractivity contribution in [1.29, 1.82) is 0 Å². The van der Waals surface area contributed by atoms with E-state index in [-0.39, 0.29) is 11.7 Å². The Balaban J connectivity index is 2.02. The molecule has 3 heteroatoms. The van der Waals surface area contributed by atoms with E-state index in [1.54, 1.807) is 4.68 Å². The molecule has 1 aromatic heterocycles. The smallest absolute Gasteiger partial charge is 0.186 e. The lowest BCUT2D eigenvalue weighted by molar-refractivity contribution is 0.0869. The summed E-state index contributed by atoms with van der Waals surface area (Å²) >= 11 is 0. The van der Waals surface area contributed by atoms with Crippen molar-refractivity contribution in [2.24, 2.45) is 18.9 Å². The van der Waals surface area contributed by atoms with Gasteiger partial charge in [0.1, 0.15) is 5.69 Å². The van der Waals surface area contributed by atoms with Crippen molar-refractivity contribution >= 4 is 5.78 Å². The van der Waals surface area contributed by atoms with E-state index >= 15 is 0 Å². The van der Waals surface area contributed by atoms with E-state index in [0.29, 0.717) is 5.69 Å². The summed E-state index contributed by atoms with van der Waals surface area (Å²) in [4.78, 5) is 12.0. The molecular weight excluding hydrogens is 188 g/mol. The first-order valence-corrected chi connectivity index (χ1v) is 5.70. The van der Waals surface area contributed by atoms with Crippen molar-refractivity contribution in [3.63, 3.8) is 0 Å². The van der Waals surface area contributed by atoms with Gasteiger partial charge in [0, 0.05) is 19.2 Å². The molecule has 0 saturated heterocycles. The van der Waals surface area contributed by atoms with Crippen molar-refractivity contribution in [2.75, 3.05) is 0 Å². The molecule has 0 spiro atoms. The van der Waals surface area contributed by atoms with Gasteiger partial charge in [0.2, 0.25) is 0 Å². The minimum Gasteiger partial charge on any atom is -0.292 e. The summed E-state index contributed by atoms with van der Waals surface area (Å²) in [5.41, 5.74) is 0.636. The lowest BCUT2D eigenvalue weighted by atomic mass is 9.80. The summed E-state index contributed by atoms with van der Waals surface area (Å²) in [5.74, 6) is 1.25. The summed E-state index contributed by atoms with van der Waals surface area (Å²) in [6.45, 7) is 2.27. The normalized spacial score (nSPS) is 26.5. The fourth-order valence-corrected chi connectivity index (χ4v) is 2.28. The van der Waals surface area contributed by atoms with Crippen LogP contribution in [0.15, 0.2) is 12.3 Å². The van der Waals surface area contributed by atoms with Crippen LogP contribution >= 0.6 is 0 Å². The highest BCUT2D eigenvalue weighted by molar-refractivity contribution is 5.96. The molecule has 1 heterocycles. The lowest BCUT2D eigenvalue weighted by Gasteiger charge is -2.24. The van der Waals surface area contributed by atoms with Crippen molar-refractivity contribution < 1.29 is 4.79 Å². The minimum atomic E-state index is 0.219. The first-order chi connectivity index (χ1) is 7.16. The molecule has 0 radical (unpaired) electrons. The molecule has 0 atom stereocenters. The number of hydrogen-bond donors (Lipinski definition) is 0. The molecule has 82 valence electrons. The third-order valence-corrected chi connectivity index (χ3v) is 3.35. The van der Waals surface area contributed by atoms with Crippen LogP contribution in [0.1, 0.15) is 43.1 Å². The Morgan fingerprint density at radius 1 is 1.40 bits per heavy atom. The summed E-state index contributed by atoms with van der Waals surface area (Å²) < 4.78 is 1.69. The number of aryl methyl sites for hydroxylation is 1. The fraction of sp³-hybridized carbons (Fsp3) is 0.667. The maximum atomic E-state index is 12.0. The summed E-state index contributed by atoms with van der Waals surface area (Å²) in [6, 6.07) is 1.82. The van der Waals surface area contributed by atoms with Crippen molar-refractivity contribution in [1.82, 2.24) is 9.78 Å². The second-order valence-electron chi connectivity index (χ2n) is 4.70. The van der Waals surface area contributed by atoms with E-state index in [1.807, 2.05) is 19.3 Å². The second-order valence-corrected chi connectivity index (χ2v) is 4.70. The van der Waals surface area contributed by atoms with E-state index in [4.69, 9.17) is 0 Å². The minimum absolute atomic E-state index is 0.219. The molecule has 0 N–H and O–H groups in total. The summed E-state index contributed by atoms with van der Waals surface area (Å²) in [7, 11) is 1.85. The standard InChI is InChI=1S/C12H18N2O/c1-9-3-5-10(6-4-9)12(15)11-7-8-14(2)13-11/h7-10H,3-6H2,1-2H3. The highest BCUT2D eigenvalue weighted by atomic mass is 16.1. The van der Waals surface area contributed by atoms with Gasteiger partial charge in [-0.1, -0.05) is 19.8 Å². The van der Waals surface area contributed by atoms with Crippen LogP contribution in [0.3, 0.4) is 0 Å². The molecule has 0 aliphatic heterocycles. The quantitative estimate of drug-likeness (QED) is 0.696. The Kier molecular flexibility index (Phi) is 2.89. The number of ketones is 1. The van der Waals surface area contributed by atoms with Crippen LogP contribution in [0.4, 0.5) is 0 Å². The predicted molar refractivity (Wildman–Crippen MR) is 58.7 cm³/mol. The Labute approximate surface area is 90.5 Å². The highest BCUT2D eigenvalue weighted by Crippen LogP contribution is 2.30. The molecular formula is C12H18N2O. The van der Waals surface area contributed by atoms with Gasteiger partial charge in [-0.2, -0.15) is 5.10 Å². The van der Waals surface area contributed by atoms with Crippen LogP contribution in [-0.4, -0.2) is 15.6 Å². The van der Waals surface area contributed by atoms with Crippen LogP contribution in [0.5, 0.6) is 0 Å². The van der Waals surface area contributed by atoms with Gasteiger partial charge in [0.15, 0.2) is 5.78 Å². The van der Waals surface area contributed by atoms with Crippen molar-refractivity contribution in [3.8, 4) is 0 Å². The van der Waals surface area contributed by atoms with Gasteiger partial charge in [0.25, 0.3) is 0 Å². The van der Waals surface area contributed by atoms with Crippen LogP contribution in [0, 0.1) is 11.8 Å². The van der Waals surface area contributed by atoms with Gasteiger partial charge in [-0.05, 0) is 24.8 Å². The van der Waals surface area contributed by atoms with E-state index in [9.17, 15) is 4.79 Å².